The summed E-state index contributed by atoms with van der Waals surface area (Å²) in [6.07, 6.45) is 0.582. The highest BCUT2D eigenvalue weighted by atomic mass is 16.4. The lowest BCUT2D eigenvalue weighted by Gasteiger charge is -2.46. The number of allylic oxidation sites excluding steroid dienone is 1. The van der Waals surface area contributed by atoms with E-state index in [1.807, 2.05) is 13.8 Å². The fourth-order valence-electron chi connectivity index (χ4n) is 2.59. The minimum absolute atomic E-state index is 0.128. The summed E-state index contributed by atoms with van der Waals surface area (Å²) in [4.78, 5) is 22.5. The molecule has 2 atom stereocenters. The number of carboxylic acids is 1. The Morgan fingerprint density at radius 1 is 1.35 bits per heavy atom. The molecular formula is C16H22O4. The highest BCUT2D eigenvalue weighted by molar-refractivity contribution is 5.87. The van der Waals surface area contributed by atoms with Crippen LogP contribution in [0.1, 0.15) is 47.5 Å². The van der Waals surface area contributed by atoms with E-state index in [0.29, 0.717) is 12.0 Å². The predicted octanol–water partition coefficient (Wildman–Crippen LogP) is 2.17. The molecule has 20 heavy (non-hydrogen) atoms. The van der Waals surface area contributed by atoms with Gasteiger partial charge in [0.05, 0.1) is 0 Å². The largest absolute Gasteiger partial charge is 0.478 e. The van der Waals surface area contributed by atoms with Gasteiger partial charge in [0.15, 0.2) is 0 Å². The van der Waals surface area contributed by atoms with Crippen LogP contribution in [0.5, 0.6) is 0 Å². The van der Waals surface area contributed by atoms with E-state index in [0.717, 1.165) is 0 Å². The summed E-state index contributed by atoms with van der Waals surface area (Å²) in [6, 6.07) is 0. The van der Waals surface area contributed by atoms with Gasteiger partial charge in [0.2, 0.25) is 0 Å². The first-order chi connectivity index (χ1) is 9.01. The standard InChI is InChI=1S/C16H22O4/c1-10(12(3)14(18)19)6-7-16(20)11(2)8-13(17)9-15(16,4)5/h11,20H,8-9H2,1-5H3,(H,18,19)/b12-10-. The van der Waals surface area contributed by atoms with Crippen LogP contribution in [0.4, 0.5) is 0 Å². The monoisotopic (exact) mass is 278 g/mol. The van der Waals surface area contributed by atoms with Crippen LogP contribution in [-0.2, 0) is 9.59 Å². The average molecular weight is 278 g/mol. The number of ketones is 1. The molecule has 1 aliphatic rings. The highest BCUT2D eigenvalue weighted by Crippen LogP contribution is 2.45. The molecule has 0 saturated heterocycles. The van der Waals surface area contributed by atoms with E-state index in [9.17, 15) is 14.7 Å². The molecule has 0 spiro atoms. The SMILES string of the molecule is C/C(C#CC1(O)C(C)CC(=O)CC1(C)C)=C(\C)C(=O)O. The molecular weight excluding hydrogens is 256 g/mol. The number of aliphatic hydroxyl groups is 1. The number of aliphatic carboxylic acids is 1. The Bertz CT molecular complexity index is 530. The molecule has 0 aliphatic heterocycles. The first-order valence-electron chi connectivity index (χ1n) is 6.69. The molecule has 110 valence electrons. The number of hydrogen-bond acceptors (Lipinski definition) is 3. The van der Waals surface area contributed by atoms with Gasteiger partial charge in [-0.25, -0.2) is 4.79 Å². The van der Waals surface area contributed by atoms with Gasteiger partial charge >= 0.3 is 5.97 Å². The van der Waals surface area contributed by atoms with E-state index in [-0.39, 0.29) is 23.7 Å². The molecule has 1 fully saturated rings. The third-order valence-corrected chi connectivity index (χ3v) is 4.24. The van der Waals surface area contributed by atoms with Crippen molar-refractivity contribution in [3.63, 3.8) is 0 Å². The number of carboxylic acid groups (broad SMARTS) is 1. The fraction of sp³-hybridized carbons (Fsp3) is 0.625. The highest BCUT2D eigenvalue weighted by Gasteiger charge is 2.51. The summed E-state index contributed by atoms with van der Waals surface area (Å²) in [5.74, 6) is 4.42. The summed E-state index contributed by atoms with van der Waals surface area (Å²) >= 11 is 0. The molecule has 2 unspecified atom stereocenters. The van der Waals surface area contributed by atoms with E-state index >= 15 is 0 Å². The molecule has 0 bridgehead atoms. The zero-order chi connectivity index (χ0) is 15.7. The van der Waals surface area contributed by atoms with Crippen LogP contribution in [-0.4, -0.2) is 27.6 Å². The van der Waals surface area contributed by atoms with Crippen LogP contribution >= 0.6 is 0 Å². The summed E-state index contributed by atoms with van der Waals surface area (Å²) in [7, 11) is 0. The van der Waals surface area contributed by atoms with E-state index < -0.39 is 17.0 Å². The van der Waals surface area contributed by atoms with E-state index in [1.165, 1.54) is 6.92 Å². The van der Waals surface area contributed by atoms with Crippen molar-refractivity contribution in [1.82, 2.24) is 0 Å². The van der Waals surface area contributed by atoms with Gasteiger partial charge in [0.1, 0.15) is 11.4 Å². The number of hydrogen-bond donors (Lipinski definition) is 2. The molecule has 0 aromatic carbocycles. The topological polar surface area (TPSA) is 74.6 Å². The van der Waals surface area contributed by atoms with Crippen molar-refractivity contribution >= 4 is 11.8 Å². The maximum atomic E-state index is 11.7. The fourth-order valence-corrected chi connectivity index (χ4v) is 2.59. The molecule has 2 N–H and O–H groups in total. The molecule has 4 heteroatoms. The smallest absolute Gasteiger partial charge is 0.332 e. The Kier molecular flexibility index (Phi) is 4.45. The van der Waals surface area contributed by atoms with Crippen molar-refractivity contribution in [2.24, 2.45) is 11.3 Å². The minimum Gasteiger partial charge on any atom is -0.478 e. The summed E-state index contributed by atoms with van der Waals surface area (Å²) in [6.45, 7) is 8.54. The maximum absolute atomic E-state index is 11.7. The van der Waals surface area contributed by atoms with Crippen molar-refractivity contribution in [3.05, 3.63) is 11.1 Å². The van der Waals surface area contributed by atoms with E-state index in [2.05, 4.69) is 11.8 Å². The van der Waals surface area contributed by atoms with Gasteiger partial charge in [-0.15, -0.1) is 0 Å². The lowest BCUT2D eigenvalue weighted by Crippen LogP contribution is -2.53. The lowest BCUT2D eigenvalue weighted by atomic mass is 9.60. The van der Waals surface area contributed by atoms with Crippen molar-refractivity contribution < 1.29 is 19.8 Å². The zero-order valence-electron chi connectivity index (χ0n) is 12.7. The number of Topliss-reactive ketones (excluding diaryl/α,β-unsaturated/α-hetero) is 1. The van der Waals surface area contributed by atoms with Crippen LogP contribution in [0.3, 0.4) is 0 Å². The van der Waals surface area contributed by atoms with Gasteiger partial charge in [-0.2, -0.15) is 0 Å². The van der Waals surface area contributed by atoms with Crippen LogP contribution < -0.4 is 0 Å². The molecule has 1 aliphatic carbocycles. The third kappa shape index (κ3) is 2.94. The number of carbonyl (C=O) groups excluding carboxylic acids is 1. The van der Waals surface area contributed by atoms with Gasteiger partial charge in [-0.1, -0.05) is 32.6 Å². The molecule has 1 rings (SSSR count). The molecule has 0 aromatic rings. The Morgan fingerprint density at radius 2 is 1.90 bits per heavy atom. The van der Waals surface area contributed by atoms with Gasteiger partial charge in [-0.3, -0.25) is 4.79 Å². The predicted molar refractivity (Wildman–Crippen MR) is 75.9 cm³/mol. The first-order valence-corrected chi connectivity index (χ1v) is 6.69. The van der Waals surface area contributed by atoms with Gasteiger partial charge in [0, 0.05) is 35.3 Å². The second kappa shape index (κ2) is 5.41. The average Bonchev–Trinajstić information content (AvgIpc) is 2.31. The summed E-state index contributed by atoms with van der Waals surface area (Å²) in [5.41, 5.74) is -1.35. The summed E-state index contributed by atoms with van der Waals surface area (Å²) in [5, 5.41) is 19.8. The van der Waals surface area contributed by atoms with Crippen LogP contribution in [0, 0.1) is 23.2 Å². The Labute approximate surface area is 119 Å². The molecule has 1 saturated carbocycles. The second-order valence-corrected chi connectivity index (χ2v) is 6.28. The van der Waals surface area contributed by atoms with Crippen LogP contribution in [0.2, 0.25) is 0 Å². The molecule has 0 radical (unpaired) electrons. The number of rotatable bonds is 1. The Hall–Kier alpha value is -1.60. The first kappa shape index (κ1) is 16.5. The molecule has 0 amide bonds. The molecule has 4 nitrogen and oxygen atoms in total. The van der Waals surface area contributed by atoms with Crippen molar-refractivity contribution in [2.75, 3.05) is 0 Å². The second-order valence-electron chi connectivity index (χ2n) is 6.28. The van der Waals surface area contributed by atoms with Crippen molar-refractivity contribution in [2.45, 2.75) is 53.1 Å². The minimum atomic E-state index is -1.29. The van der Waals surface area contributed by atoms with E-state index in [4.69, 9.17) is 5.11 Å². The van der Waals surface area contributed by atoms with Crippen molar-refractivity contribution in [1.29, 1.82) is 0 Å². The van der Waals surface area contributed by atoms with Crippen LogP contribution in [0.15, 0.2) is 11.1 Å². The third-order valence-electron chi connectivity index (χ3n) is 4.24. The Balaban J connectivity index is 3.21. The van der Waals surface area contributed by atoms with Crippen molar-refractivity contribution in [3.8, 4) is 11.8 Å². The van der Waals surface area contributed by atoms with Gasteiger partial charge in [0.25, 0.3) is 0 Å². The number of carbonyl (C=O) groups is 2. The van der Waals surface area contributed by atoms with Crippen LogP contribution in [0.25, 0.3) is 0 Å². The maximum Gasteiger partial charge on any atom is 0.332 e. The van der Waals surface area contributed by atoms with Gasteiger partial charge in [-0.05, 0) is 13.8 Å². The van der Waals surface area contributed by atoms with Gasteiger partial charge < -0.3 is 10.2 Å². The zero-order valence-corrected chi connectivity index (χ0v) is 12.7. The molecule has 0 aromatic heterocycles. The molecule has 0 heterocycles. The lowest BCUT2D eigenvalue weighted by molar-refractivity contribution is -0.140. The quantitative estimate of drug-likeness (QED) is 0.569. The van der Waals surface area contributed by atoms with E-state index in [1.54, 1.807) is 13.8 Å². The normalized spacial score (nSPS) is 30.1. The summed E-state index contributed by atoms with van der Waals surface area (Å²) < 4.78 is 0. The Morgan fingerprint density at radius 3 is 2.35 bits per heavy atom.